The maximum Gasteiger partial charge on any atom is 0.326 e. The molecule has 0 aliphatic carbocycles. The Kier molecular flexibility index (Phi) is 5.96. The van der Waals surface area contributed by atoms with Gasteiger partial charge in [0.15, 0.2) is 0 Å². The van der Waals surface area contributed by atoms with Gasteiger partial charge in [-0.3, -0.25) is 9.59 Å². The number of amides is 1. The first-order valence-electron chi connectivity index (χ1n) is 8.58. The van der Waals surface area contributed by atoms with Crippen molar-refractivity contribution in [1.29, 1.82) is 0 Å². The highest BCUT2D eigenvalue weighted by Gasteiger charge is 2.43. The molecule has 2 saturated heterocycles. The third-order valence-electron chi connectivity index (χ3n) is 4.86. The molecule has 26 heavy (non-hydrogen) atoms. The molecule has 1 amide bonds. The molecule has 0 aromatic carbocycles. The van der Waals surface area contributed by atoms with E-state index in [0.717, 1.165) is 41.6 Å². The van der Waals surface area contributed by atoms with Crippen LogP contribution in [0, 0.1) is 5.92 Å². The Hall–Kier alpha value is -1.49. The molecule has 8 nitrogen and oxygen atoms in total. The van der Waals surface area contributed by atoms with E-state index < -0.39 is 22.0 Å². The third kappa shape index (κ3) is 3.78. The van der Waals surface area contributed by atoms with Gasteiger partial charge in [0.1, 0.15) is 10.3 Å². The van der Waals surface area contributed by atoms with Crippen LogP contribution in [0.1, 0.15) is 12.8 Å². The number of piperidine rings is 1. The lowest BCUT2D eigenvalue weighted by molar-refractivity contribution is -0.150. The fraction of sp³-hybridized carbons (Fsp3) is 0.625. The lowest BCUT2D eigenvalue weighted by Gasteiger charge is -2.40. The van der Waals surface area contributed by atoms with Gasteiger partial charge < -0.3 is 15.0 Å². The summed E-state index contributed by atoms with van der Waals surface area (Å²) < 4.78 is 31.9. The lowest BCUT2D eigenvalue weighted by atomic mass is 9.96. The Morgan fingerprint density at radius 3 is 2.62 bits per heavy atom. The predicted molar refractivity (Wildman–Crippen MR) is 96.2 cm³/mol. The van der Waals surface area contributed by atoms with E-state index in [0.29, 0.717) is 0 Å². The number of ether oxygens (including phenoxy) is 1. The summed E-state index contributed by atoms with van der Waals surface area (Å²) in [5, 5.41) is 4.90. The second-order valence-electron chi connectivity index (χ2n) is 6.40. The van der Waals surface area contributed by atoms with Crippen LogP contribution in [0.2, 0.25) is 0 Å². The van der Waals surface area contributed by atoms with E-state index in [-0.39, 0.29) is 35.7 Å². The van der Waals surface area contributed by atoms with Crippen molar-refractivity contribution in [3.05, 3.63) is 17.5 Å². The van der Waals surface area contributed by atoms with Gasteiger partial charge in [-0.15, -0.1) is 11.3 Å². The Balaban J connectivity index is 1.79. The van der Waals surface area contributed by atoms with Crippen LogP contribution in [0.5, 0.6) is 0 Å². The number of carbonyl (C=O) groups is 2. The largest absolute Gasteiger partial charge is 0.468 e. The first-order chi connectivity index (χ1) is 12.4. The summed E-state index contributed by atoms with van der Waals surface area (Å²) in [4.78, 5) is 26.6. The number of piperazine rings is 1. The normalized spacial score (nSPS) is 23.0. The number of hydrogen-bond donors (Lipinski definition) is 1. The first-order valence-corrected chi connectivity index (χ1v) is 10.9. The average Bonchev–Trinajstić information content (AvgIpc) is 3.22. The number of nitrogens with zero attached hydrogens (tertiary/aromatic N) is 2. The first kappa shape index (κ1) is 19.3. The van der Waals surface area contributed by atoms with Gasteiger partial charge >= 0.3 is 5.97 Å². The van der Waals surface area contributed by atoms with E-state index in [1.54, 1.807) is 16.3 Å². The average molecular weight is 402 g/mol. The van der Waals surface area contributed by atoms with Gasteiger partial charge in [-0.25, -0.2) is 8.42 Å². The van der Waals surface area contributed by atoms with Crippen LogP contribution in [0.25, 0.3) is 0 Å². The summed E-state index contributed by atoms with van der Waals surface area (Å²) >= 11 is 1.11. The molecule has 2 fully saturated rings. The fourth-order valence-corrected chi connectivity index (χ4v) is 6.12. The monoisotopic (exact) mass is 401 g/mol. The number of sulfonamides is 1. The maximum atomic E-state index is 12.9. The van der Waals surface area contributed by atoms with Crippen LogP contribution < -0.4 is 5.32 Å². The minimum absolute atomic E-state index is 0.00595. The zero-order chi connectivity index (χ0) is 18.7. The quantitative estimate of drug-likeness (QED) is 0.720. The molecule has 3 rings (SSSR count). The van der Waals surface area contributed by atoms with Crippen molar-refractivity contribution in [3.63, 3.8) is 0 Å². The number of methoxy groups -OCH3 is 1. The van der Waals surface area contributed by atoms with E-state index >= 15 is 0 Å². The smallest absolute Gasteiger partial charge is 0.326 e. The van der Waals surface area contributed by atoms with Crippen molar-refractivity contribution >= 4 is 33.2 Å². The second-order valence-corrected chi connectivity index (χ2v) is 9.46. The molecule has 1 unspecified atom stereocenters. The summed E-state index contributed by atoms with van der Waals surface area (Å²) in [5.74, 6) is -0.725. The highest BCUT2D eigenvalue weighted by Crippen LogP contribution is 2.26. The van der Waals surface area contributed by atoms with Crippen LogP contribution in [0.15, 0.2) is 21.7 Å². The van der Waals surface area contributed by atoms with Gasteiger partial charge in [-0.1, -0.05) is 6.07 Å². The molecule has 0 radical (unpaired) electrons. The Morgan fingerprint density at radius 2 is 2.00 bits per heavy atom. The molecule has 1 atom stereocenters. The Labute approximate surface area is 157 Å². The Bertz CT molecular complexity index is 744. The number of esters is 1. The molecule has 0 bridgehead atoms. The molecule has 2 aliphatic rings. The summed E-state index contributed by atoms with van der Waals surface area (Å²) in [6, 6.07) is 2.15. The molecule has 0 saturated carbocycles. The minimum atomic E-state index is -3.79. The molecule has 0 spiro atoms. The predicted octanol–water partition coefficient (Wildman–Crippen LogP) is 0.122. The highest BCUT2D eigenvalue weighted by molar-refractivity contribution is 7.91. The van der Waals surface area contributed by atoms with E-state index in [9.17, 15) is 18.0 Å². The van der Waals surface area contributed by atoms with Gasteiger partial charge in [0.25, 0.3) is 10.0 Å². The van der Waals surface area contributed by atoms with E-state index in [1.807, 2.05) is 0 Å². The van der Waals surface area contributed by atoms with Crippen molar-refractivity contribution in [3.8, 4) is 0 Å². The zero-order valence-corrected chi connectivity index (χ0v) is 16.2. The van der Waals surface area contributed by atoms with Gasteiger partial charge in [0.2, 0.25) is 5.91 Å². The summed E-state index contributed by atoms with van der Waals surface area (Å²) in [6.45, 7) is 1.98. The minimum Gasteiger partial charge on any atom is -0.468 e. The van der Waals surface area contributed by atoms with E-state index in [4.69, 9.17) is 4.74 Å². The van der Waals surface area contributed by atoms with Crippen LogP contribution in [-0.2, 0) is 24.3 Å². The van der Waals surface area contributed by atoms with E-state index in [1.165, 1.54) is 13.2 Å². The summed E-state index contributed by atoms with van der Waals surface area (Å²) in [7, 11) is -2.57. The van der Waals surface area contributed by atoms with Crippen LogP contribution >= 0.6 is 11.3 Å². The van der Waals surface area contributed by atoms with Gasteiger partial charge in [-0.05, 0) is 37.4 Å². The SMILES string of the molecule is COC(=O)C1CN(C(=O)C2CCNCC2)CCN1S(=O)(=O)c1cccs1. The summed E-state index contributed by atoms with van der Waals surface area (Å²) in [5.41, 5.74) is 0. The Morgan fingerprint density at radius 1 is 1.27 bits per heavy atom. The topological polar surface area (TPSA) is 96.0 Å². The van der Waals surface area contributed by atoms with Crippen LogP contribution in [0.3, 0.4) is 0 Å². The third-order valence-corrected chi connectivity index (χ3v) is 8.14. The molecule has 2 aliphatic heterocycles. The molecule has 3 heterocycles. The van der Waals surface area contributed by atoms with Gasteiger partial charge in [-0.2, -0.15) is 4.31 Å². The molecular weight excluding hydrogens is 378 g/mol. The van der Waals surface area contributed by atoms with Crippen LogP contribution in [-0.4, -0.2) is 75.4 Å². The van der Waals surface area contributed by atoms with Gasteiger partial charge in [0.05, 0.1) is 7.11 Å². The molecule has 1 aromatic heterocycles. The fourth-order valence-electron chi connectivity index (χ4n) is 3.44. The summed E-state index contributed by atoms with van der Waals surface area (Å²) in [6.07, 6.45) is 1.52. The zero-order valence-electron chi connectivity index (χ0n) is 14.6. The standard InChI is InChI=1S/C16H23N3O5S2/c1-24-16(21)13-11-18(15(20)12-4-6-17-7-5-12)8-9-19(13)26(22,23)14-3-2-10-25-14/h2-3,10,12-13,17H,4-9,11H2,1H3. The molecule has 144 valence electrons. The number of nitrogens with one attached hydrogen (secondary N) is 1. The van der Waals surface area contributed by atoms with Crippen molar-refractivity contribution in [2.24, 2.45) is 5.92 Å². The van der Waals surface area contributed by atoms with Crippen molar-refractivity contribution < 1.29 is 22.7 Å². The van der Waals surface area contributed by atoms with Gasteiger partial charge in [0, 0.05) is 25.6 Å². The second kappa shape index (κ2) is 8.03. The highest BCUT2D eigenvalue weighted by atomic mass is 32.2. The molecular formula is C16H23N3O5S2. The number of rotatable bonds is 4. The molecule has 1 N–H and O–H groups in total. The lowest BCUT2D eigenvalue weighted by Crippen LogP contribution is -2.60. The van der Waals surface area contributed by atoms with E-state index in [2.05, 4.69) is 5.32 Å². The van der Waals surface area contributed by atoms with Crippen molar-refractivity contribution in [2.45, 2.75) is 23.1 Å². The maximum absolute atomic E-state index is 12.9. The van der Waals surface area contributed by atoms with Crippen molar-refractivity contribution in [1.82, 2.24) is 14.5 Å². The molecule has 1 aromatic rings. The van der Waals surface area contributed by atoms with Crippen molar-refractivity contribution in [2.75, 3.05) is 39.8 Å². The van der Waals surface area contributed by atoms with Crippen LogP contribution in [0.4, 0.5) is 0 Å². The number of thiophene rings is 1. The molecule has 10 heteroatoms. The number of hydrogen-bond acceptors (Lipinski definition) is 7. The number of carbonyl (C=O) groups excluding carboxylic acids is 2.